The van der Waals surface area contributed by atoms with Gasteiger partial charge in [0.15, 0.2) is 0 Å². The minimum absolute atomic E-state index is 0.0514. The van der Waals surface area contributed by atoms with Crippen LogP contribution in [0.15, 0.2) is 42.5 Å². The number of allylic oxidation sites excluding steroid dienone is 2. The molecule has 1 fully saturated rings. The van der Waals surface area contributed by atoms with Crippen molar-refractivity contribution < 1.29 is 24.2 Å². The average Bonchev–Trinajstić information content (AvgIpc) is 3.27. The van der Waals surface area contributed by atoms with Gasteiger partial charge in [0.05, 0.1) is 18.6 Å². The molecule has 0 saturated carbocycles. The SMILES string of the molecule is O=C1CCC/C=C\C[C@@H](CC(=O)N(CCO)Cc2ccccc2)C(=O)N2CCC[C@H]2CO1. The summed E-state index contributed by atoms with van der Waals surface area (Å²) in [5, 5.41) is 9.48. The van der Waals surface area contributed by atoms with Crippen LogP contribution in [-0.4, -0.2) is 65.0 Å². The van der Waals surface area contributed by atoms with Gasteiger partial charge >= 0.3 is 5.97 Å². The highest BCUT2D eigenvalue weighted by molar-refractivity contribution is 5.86. The van der Waals surface area contributed by atoms with Gasteiger partial charge in [0, 0.05) is 32.5 Å². The number of carbonyl (C=O) groups is 3. The monoisotopic (exact) mass is 442 g/mol. The van der Waals surface area contributed by atoms with Crippen molar-refractivity contribution in [1.82, 2.24) is 9.80 Å². The summed E-state index contributed by atoms with van der Waals surface area (Å²) >= 11 is 0. The van der Waals surface area contributed by atoms with Crippen molar-refractivity contribution in [3.8, 4) is 0 Å². The van der Waals surface area contributed by atoms with Gasteiger partial charge in [-0.3, -0.25) is 14.4 Å². The molecule has 2 aliphatic heterocycles. The zero-order valence-corrected chi connectivity index (χ0v) is 18.7. The number of aliphatic hydroxyl groups excluding tert-OH is 1. The van der Waals surface area contributed by atoms with Gasteiger partial charge in [-0.1, -0.05) is 42.5 Å². The van der Waals surface area contributed by atoms with Gasteiger partial charge < -0.3 is 19.6 Å². The molecule has 7 heteroatoms. The first kappa shape index (κ1) is 24.0. The lowest BCUT2D eigenvalue weighted by molar-refractivity contribution is -0.149. The molecule has 2 aliphatic rings. The Morgan fingerprint density at radius 1 is 1.16 bits per heavy atom. The summed E-state index contributed by atoms with van der Waals surface area (Å²) in [6.07, 6.45) is 8.02. The molecule has 1 aromatic rings. The predicted molar refractivity (Wildman–Crippen MR) is 120 cm³/mol. The van der Waals surface area contributed by atoms with Gasteiger partial charge in [0.2, 0.25) is 11.8 Å². The zero-order chi connectivity index (χ0) is 22.8. The topological polar surface area (TPSA) is 87.2 Å². The fraction of sp³-hybridized carbons (Fsp3) is 0.560. The van der Waals surface area contributed by atoms with E-state index in [1.165, 1.54) is 0 Å². The highest BCUT2D eigenvalue weighted by atomic mass is 16.5. The Kier molecular flexibility index (Phi) is 9.28. The highest BCUT2D eigenvalue weighted by Crippen LogP contribution is 2.25. The third kappa shape index (κ3) is 6.92. The molecule has 0 aromatic heterocycles. The largest absolute Gasteiger partial charge is 0.463 e. The van der Waals surface area contributed by atoms with Crippen LogP contribution in [-0.2, 0) is 25.7 Å². The molecule has 0 aliphatic carbocycles. The Balaban J connectivity index is 1.73. The number of benzene rings is 1. The fourth-order valence-corrected chi connectivity index (χ4v) is 4.37. The first-order valence-electron chi connectivity index (χ1n) is 11.6. The molecular formula is C25H34N2O5. The van der Waals surface area contributed by atoms with E-state index in [0.29, 0.717) is 32.4 Å². The van der Waals surface area contributed by atoms with Gasteiger partial charge in [-0.2, -0.15) is 0 Å². The molecule has 0 unspecified atom stereocenters. The molecule has 1 saturated heterocycles. The number of fused-ring (bicyclic) bond motifs is 1. The van der Waals surface area contributed by atoms with E-state index in [1.807, 2.05) is 42.5 Å². The van der Waals surface area contributed by atoms with Gasteiger partial charge in [-0.05, 0) is 37.7 Å². The number of aliphatic hydroxyl groups is 1. The fourth-order valence-electron chi connectivity index (χ4n) is 4.37. The summed E-state index contributed by atoms with van der Waals surface area (Å²) in [4.78, 5) is 41.9. The number of amides is 2. The Labute approximate surface area is 190 Å². The molecule has 0 bridgehead atoms. The molecule has 2 heterocycles. The molecule has 174 valence electrons. The molecule has 0 radical (unpaired) electrons. The van der Waals surface area contributed by atoms with Crippen molar-refractivity contribution in [3.63, 3.8) is 0 Å². The van der Waals surface area contributed by atoms with Gasteiger partial charge in [-0.25, -0.2) is 0 Å². The van der Waals surface area contributed by atoms with E-state index in [2.05, 4.69) is 0 Å². The molecule has 1 N–H and O–H groups in total. The molecule has 3 rings (SSSR count). The number of hydrogen-bond acceptors (Lipinski definition) is 5. The van der Waals surface area contributed by atoms with Crippen molar-refractivity contribution in [2.45, 2.75) is 57.5 Å². The van der Waals surface area contributed by atoms with Gasteiger partial charge in [0.25, 0.3) is 0 Å². The number of hydrogen-bond donors (Lipinski definition) is 1. The van der Waals surface area contributed by atoms with Crippen LogP contribution in [0.4, 0.5) is 0 Å². The van der Waals surface area contributed by atoms with Crippen LogP contribution in [0.5, 0.6) is 0 Å². The van der Waals surface area contributed by atoms with E-state index in [9.17, 15) is 19.5 Å². The average molecular weight is 443 g/mol. The van der Waals surface area contributed by atoms with E-state index in [0.717, 1.165) is 24.8 Å². The molecule has 1 aromatic carbocycles. The van der Waals surface area contributed by atoms with E-state index < -0.39 is 5.92 Å². The maximum atomic E-state index is 13.4. The number of carbonyl (C=O) groups excluding carboxylic acids is 3. The number of ether oxygens (including phenoxy) is 1. The van der Waals surface area contributed by atoms with Crippen LogP contribution >= 0.6 is 0 Å². The van der Waals surface area contributed by atoms with Crippen molar-refractivity contribution in [1.29, 1.82) is 0 Å². The van der Waals surface area contributed by atoms with Crippen molar-refractivity contribution >= 4 is 17.8 Å². The number of nitrogens with zero attached hydrogens (tertiary/aromatic N) is 2. The Morgan fingerprint density at radius 2 is 1.97 bits per heavy atom. The van der Waals surface area contributed by atoms with E-state index in [4.69, 9.17) is 4.74 Å². The first-order chi connectivity index (χ1) is 15.6. The second kappa shape index (κ2) is 12.4. The summed E-state index contributed by atoms with van der Waals surface area (Å²) in [7, 11) is 0. The molecule has 2 amide bonds. The summed E-state index contributed by atoms with van der Waals surface area (Å²) < 4.78 is 5.41. The van der Waals surface area contributed by atoms with Crippen LogP contribution in [0.3, 0.4) is 0 Å². The highest BCUT2D eigenvalue weighted by Gasteiger charge is 2.35. The Hall–Kier alpha value is -2.67. The Bertz CT molecular complexity index is 795. The smallest absolute Gasteiger partial charge is 0.305 e. The van der Waals surface area contributed by atoms with Crippen LogP contribution < -0.4 is 0 Å². The summed E-state index contributed by atoms with van der Waals surface area (Å²) in [5.74, 6) is -0.873. The van der Waals surface area contributed by atoms with Crippen LogP contribution in [0.25, 0.3) is 0 Å². The lowest BCUT2D eigenvalue weighted by Gasteiger charge is -2.29. The summed E-state index contributed by atoms with van der Waals surface area (Å²) in [6, 6.07) is 9.53. The maximum absolute atomic E-state index is 13.4. The van der Waals surface area contributed by atoms with Crippen molar-refractivity contribution in [3.05, 3.63) is 48.0 Å². The second-order valence-corrected chi connectivity index (χ2v) is 8.54. The van der Waals surface area contributed by atoms with Crippen molar-refractivity contribution in [2.24, 2.45) is 5.92 Å². The van der Waals surface area contributed by atoms with Crippen molar-refractivity contribution in [2.75, 3.05) is 26.3 Å². The van der Waals surface area contributed by atoms with E-state index >= 15 is 0 Å². The Morgan fingerprint density at radius 3 is 2.75 bits per heavy atom. The molecule has 32 heavy (non-hydrogen) atoms. The minimum atomic E-state index is -0.465. The lowest BCUT2D eigenvalue weighted by atomic mass is 9.97. The lowest BCUT2D eigenvalue weighted by Crippen LogP contribution is -2.44. The summed E-state index contributed by atoms with van der Waals surface area (Å²) in [5.41, 5.74) is 0.983. The molecule has 2 atom stereocenters. The quantitative estimate of drug-likeness (QED) is 0.541. The van der Waals surface area contributed by atoms with Crippen LogP contribution in [0.2, 0.25) is 0 Å². The van der Waals surface area contributed by atoms with E-state index in [-0.39, 0.29) is 50.0 Å². The second-order valence-electron chi connectivity index (χ2n) is 8.54. The minimum Gasteiger partial charge on any atom is -0.463 e. The summed E-state index contributed by atoms with van der Waals surface area (Å²) in [6.45, 7) is 1.35. The predicted octanol–water partition coefficient (Wildman–Crippen LogP) is 2.68. The van der Waals surface area contributed by atoms with Gasteiger partial charge in [0.1, 0.15) is 6.61 Å². The zero-order valence-electron chi connectivity index (χ0n) is 18.7. The van der Waals surface area contributed by atoms with Gasteiger partial charge in [-0.15, -0.1) is 0 Å². The third-order valence-corrected chi connectivity index (χ3v) is 6.15. The first-order valence-corrected chi connectivity index (χ1v) is 11.6. The maximum Gasteiger partial charge on any atom is 0.305 e. The number of rotatable bonds is 6. The molecule has 0 spiro atoms. The molecular weight excluding hydrogens is 408 g/mol. The standard InChI is InChI=1S/C25H34N2O5/c28-16-15-26(18-20-9-4-3-5-10-20)23(29)17-21-11-6-1-2-7-13-24(30)32-19-22-12-8-14-27(22)25(21)31/h1,3-6,9-10,21-22,28H,2,7-8,11-19H2/b6-1-/t21-,22-/m0/s1. The number of cyclic esters (lactones) is 1. The number of esters is 1. The third-order valence-electron chi connectivity index (χ3n) is 6.15. The van der Waals surface area contributed by atoms with E-state index in [1.54, 1.807) is 9.80 Å². The molecule has 7 nitrogen and oxygen atoms in total. The van der Waals surface area contributed by atoms with Crippen LogP contribution in [0, 0.1) is 5.92 Å². The van der Waals surface area contributed by atoms with Crippen LogP contribution in [0.1, 0.15) is 50.5 Å². The normalized spacial score (nSPS) is 23.3.